The number of carbonyl (C=O) groups excluding carboxylic acids is 1. The third kappa shape index (κ3) is 3.45. The summed E-state index contributed by atoms with van der Waals surface area (Å²) in [4.78, 5) is 18.1. The smallest absolute Gasteiger partial charge is 0.314 e. The summed E-state index contributed by atoms with van der Waals surface area (Å²) in [5.74, 6) is 2.08. The summed E-state index contributed by atoms with van der Waals surface area (Å²) in [7, 11) is 0. The molecule has 1 aliphatic heterocycles. The first kappa shape index (κ1) is 17.3. The molecule has 7 heteroatoms. The number of hydrogen-bond donors (Lipinski definition) is 1. The molecule has 7 nitrogen and oxygen atoms in total. The minimum absolute atomic E-state index is 0.0725. The minimum atomic E-state index is -0.386. The number of amides is 2. The zero-order valence-corrected chi connectivity index (χ0v) is 15.6. The predicted molar refractivity (Wildman–Crippen MR) is 102 cm³/mol. The summed E-state index contributed by atoms with van der Waals surface area (Å²) >= 11 is 0. The highest BCUT2D eigenvalue weighted by atomic mass is 16.3. The fourth-order valence-electron chi connectivity index (χ4n) is 3.75. The molecular formula is C20H23N5O2. The van der Waals surface area contributed by atoms with E-state index in [0.29, 0.717) is 24.7 Å². The number of primary amides is 1. The molecule has 1 aliphatic rings. The molecule has 140 valence electrons. The second kappa shape index (κ2) is 6.90. The number of nitrogens with two attached hydrogens (primary N) is 1. The third-order valence-electron chi connectivity index (χ3n) is 4.92. The van der Waals surface area contributed by atoms with E-state index >= 15 is 0 Å². The van der Waals surface area contributed by atoms with Crippen LogP contribution in [-0.2, 0) is 0 Å². The molecule has 0 saturated carbocycles. The van der Waals surface area contributed by atoms with Crippen LogP contribution in [-0.4, -0.2) is 38.8 Å². The number of hydrogen-bond acceptors (Lipinski definition) is 4. The molecule has 0 aliphatic carbocycles. The Labute approximate surface area is 157 Å². The van der Waals surface area contributed by atoms with Crippen molar-refractivity contribution in [3.8, 4) is 17.3 Å². The molecule has 1 fully saturated rings. The van der Waals surface area contributed by atoms with Crippen LogP contribution in [0.25, 0.3) is 17.3 Å². The highest BCUT2D eigenvalue weighted by molar-refractivity contribution is 5.72. The molecule has 0 unspecified atom stereocenters. The molecule has 0 radical (unpaired) electrons. The van der Waals surface area contributed by atoms with Gasteiger partial charge in [-0.2, -0.15) is 0 Å². The second-order valence-electron chi connectivity index (χ2n) is 7.15. The van der Waals surface area contributed by atoms with Gasteiger partial charge in [0.2, 0.25) is 5.82 Å². The lowest BCUT2D eigenvalue weighted by atomic mass is 9.97. The molecule has 2 amide bonds. The summed E-state index contributed by atoms with van der Waals surface area (Å²) in [6.45, 7) is 5.37. The second-order valence-corrected chi connectivity index (χ2v) is 7.15. The summed E-state index contributed by atoms with van der Waals surface area (Å²) in [5, 5.41) is 4.73. The van der Waals surface area contributed by atoms with Gasteiger partial charge in [0.15, 0.2) is 5.76 Å². The summed E-state index contributed by atoms with van der Waals surface area (Å²) in [6.07, 6.45) is 3.44. The van der Waals surface area contributed by atoms with Gasteiger partial charge in [0.05, 0.1) is 12.0 Å². The van der Waals surface area contributed by atoms with Crippen molar-refractivity contribution >= 4 is 6.03 Å². The Kier molecular flexibility index (Phi) is 4.43. The van der Waals surface area contributed by atoms with Crippen molar-refractivity contribution in [2.45, 2.75) is 32.6 Å². The average Bonchev–Trinajstić information content (AvgIpc) is 3.30. The van der Waals surface area contributed by atoms with Crippen LogP contribution in [0.15, 0.2) is 41.0 Å². The van der Waals surface area contributed by atoms with Gasteiger partial charge in [0.25, 0.3) is 0 Å². The molecule has 4 rings (SSSR count). The van der Waals surface area contributed by atoms with Crippen molar-refractivity contribution in [2.24, 2.45) is 5.73 Å². The van der Waals surface area contributed by atoms with Crippen molar-refractivity contribution in [1.29, 1.82) is 0 Å². The van der Waals surface area contributed by atoms with E-state index in [0.717, 1.165) is 35.5 Å². The molecule has 0 spiro atoms. The lowest BCUT2D eigenvalue weighted by Gasteiger charge is -2.31. The fraction of sp³-hybridized carbons (Fsp3) is 0.350. The Bertz CT molecular complexity index is 941. The molecule has 1 aromatic carbocycles. The maximum Gasteiger partial charge on any atom is 0.314 e. The monoisotopic (exact) mass is 365 g/mol. The van der Waals surface area contributed by atoms with Crippen LogP contribution >= 0.6 is 0 Å². The first-order valence-corrected chi connectivity index (χ1v) is 9.15. The van der Waals surface area contributed by atoms with E-state index < -0.39 is 0 Å². The van der Waals surface area contributed by atoms with Gasteiger partial charge in [0.1, 0.15) is 5.82 Å². The summed E-state index contributed by atoms with van der Waals surface area (Å²) in [5.41, 5.74) is 8.79. The molecule has 3 aromatic rings. The maximum atomic E-state index is 11.7. The topological polar surface area (TPSA) is 90.2 Å². The van der Waals surface area contributed by atoms with Gasteiger partial charge in [0, 0.05) is 19.0 Å². The number of rotatable bonds is 3. The van der Waals surface area contributed by atoms with E-state index in [1.54, 1.807) is 11.2 Å². The number of carbonyl (C=O) groups is 1. The molecule has 0 bridgehead atoms. The Hall–Kier alpha value is -3.09. The molecule has 2 N–H and O–H groups in total. The predicted octanol–water partition coefficient (Wildman–Crippen LogP) is 3.40. The van der Waals surface area contributed by atoms with Crippen molar-refractivity contribution < 1.29 is 9.21 Å². The van der Waals surface area contributed by atoms with Crippen molar-refractivity contribution in [2.75, 3.05) is 13.1 Å². The van der Waals surface area contributed by atoms with Crippen LogP contribution in [0.4, 0.5) is 4.79 Å². The van der Waals surface area contributed by atoms with Gasteiger partial charge < -0.3 is 15.1 Å². The number of likely N-dealkylation sites (tertiary alicyclic amines) is 1. The number of benzene rings is 1. The van der Waals surface area contributed by atoms with Gasteiger partial charge in [-0.25, -0.2) is 14.5 Å². The number of urea groups is 1. The molecule has 1 atom stereocenters. The van der Waals surface area contributed by atoms with E-state index in [-0.39, 0.29) is 11.9 Å². The van der Waals surface area contributed by atoms with E-state index in [1.807, 2.05) is 16.8 Å². The highest BCUT2D eigenvalue weighted by Gasteiger charge is 2.29. The number of aryl methyl sites for hydroxylation is 2. The normalized spacial score (nSPS) is 17.3. The fourth-order valence-corrected chi connectivity index (χ4v) is 3.75. The van der Waals surface area contributed by atoms with E-state index in [2.05, 4.69) is 32.0 Å². The lowest BCUT2D eigenvalue weighted by molar-refractivity contribution is 0.187. The van der Waals surface area contributed by atoms with Crippen LogP contribution in [0.5, 0.6) is 0 Å². The molecule has 1 saturated heterocycles. The first-order valence-electron chi connectivity index (χ1n) is 9.15. The van der Waals surface area contributed by atoms with Crippen molar-refractivity contribution in [3.05, 3.63) is 53.5 Å². The van der Waals surface area contributed by atoms with Gasteiger partial charge in [-0.15, -0.1) is 5.10 Å². The quantitative estimate of drug-likeness (QED) is 0.770. The Morgan fingerprint density at radius 1 is 1.26 bits per heavy atom. The van der Waals surface area contributed by atoms with Crippen LogP contribution in [0.1, 0.15) is 35.7 Å². The molecule has 3 heterocycles. The number of nitrogens with zero attached hydrogens (tertiary/aromatic N) is 4. The van der Waals surface area contributed by atoms with E-state index in [9.17, 15) is 4.79 Å². The largest absolute Gasteiger partial charge is 0.461 e. The Morgan fingerprint density at radius 2 is 2.04 bits per heavy atom. The highest BCUT2D eigenvalue weighted by Crippen LogP contribution is 2.30. The lowest BCUT2D eigenvalue weighted by Crippen LogP contribution is -2.42. The van der Waals surface area contributed by atoms with Crippen LogP contribution in [0.3, 0.4) is 0 Å². The summed E-state index contributed by atoms with van der Waals surface area (Å²) < 4.78 is 7.38. The van der Waals surface area contributed by atoms with Crippen molar-refractivity contribution in [1.82, 2.24) is 19.7 Å². The Morgan fingerprint density at radius 3 is 2.70 bits per heavy atom. The van der Waals surface area contributed by atoms with E-state index in [4.69, 9.17) is 20.2 Å². The average molecular weight is 365 g/mol. The van der Waals surface area contributed by atoms with Gasteiger partial charge in [-0.3, -0.25) is 0 Å². The first-order chi connectivity index (χ1) is 13.0. The molecule has 27 heavy (non-hydrogen) atoms. The zero-order chi connectivity index (χ0) is 19.0. The van der Waals surface area contributed by atoms with Gasteiger partial charge >= 0.3 is 6.03 Å². The maximum absolute atomic E-state index is 11.7. The van der Waals surface area contributed by atoms with Crippen LogP contribution in [0.2, 0.25) is 0 Å². The number of furan rings is 1. The van der Waals surface area contributed by atoms with E-state index in [1.165, 1.54) is 0 Å². The minimum Gasteiger partial charge on any atom is -0.461 e. The SMILES string of the molecule is Cc1cc(C)cc(-n2nc(-c3ccco3)nc2[C@@H]2CCCN(C(N)=O)C2)c1. The number of aromatic nitrogens is 3. The molecular weight excluding hydrogens is 342 g/mol. The number of piperidine rings is 1. The summed E-state index contributed by atoms with van der Waals surface area (Å²) in [6, 6.07) is 9.59. The molecule has 2 aromatic heterocycles. The van der Waals surface area contributed by atoms with Gasteiger partial charge in [-0.05, 0) is 62.1 Å². The van der Waals surface area contributed by atoms with Gasteiger partial charge in [-0.1, -0.05) is 6.07 Å². The van der Waals surface area contributed by atoms with Crippen LogP contribution in [0, 0.1) is 13.8 Å². The standard InChI is InChI=1S/C20H23N5O2/c1-13-9-14(2)11-16(10-13)25-19(15-5-3-7-24(12-15)20(21)26)22-18(23-25)17-6-4-8-27-17/h4,6,8-11,15H,3,5,7,12H2,1-2H3,(H2,21,26)/t15-/m1/s1. The third-order valence-corrected chi connectivity index (χ3v) is 4.92. The Balaban J connectivity index is 1.80. The van der Waals surface area contributed by atoms with Crippen LogP contribution < -0.4 is 5.73 Å². The zero-order valence-electron chi connectivity index (χ0n) is 15.6. The van der Waals surface area contributed by atoms with Crippen molar-refractivity contribution in [3.63, 3.8) is 0 Å².